The Morgan fingerprint density at radius 2 is 2.20 bits per heavy atom. The quantitative estimate of drug-likeness (QED) is 0.723. The smallest absolute Gasteiger partial charge is 0.137 e. The molecule has 0 saturated carbocycles. The van der Waals surface area contributed by atoms with E-state index in [1.165, 1.54) is 0 Å². The molecule has 0 bridgehead atoms. The van der Waals surface area contributed by atoms with Crippen molar-refractivity contribution in [2.24, 2.45) is 5.73 Å². The summed E-state index contributed by atoms with van der Waals surface area (Å²) in [5, 5.41) is 0. The van der Waals surface area contributed by atoms with Gasteiger partial charge >= 0.3 is 0 Å². The zero-order chi connectivity index (χ0) is 11.1. The zero-order valence-corrected chi connectivity index (χ0v) is 9.27. The van der Waals surface area contributed by atoms with Gasteiger partial charge in [-0.2, -0.15) is 0 Å². The van der Waals surface area contributed by atoms with Gasteiger partial charge in [0.2, 0.25) is 0 Å². The maximum atomic E-state index is 5.68. The summed E-state index contributed by atoms with van der Waals surface area (Å²) in [4.78, 5) is 4.20. The molecule has 0 aliphatic carbocycles. The molecular formula is C11H18N2O2. The van der Waals surface area contributed by atoms with Crippen LogP contribution in [0.2, 0.25) is 0 Å². The SMILES string of the molecule is COCCCOc1ccc(C(C)N)nc1. The second-order valence-electron chi connectivity index (χ2n) is 3.40. The molecule has 2 N–H and O–H groups in total. The molecule has 1 unspecified atom stereocenters. The van der Waals surface area contributed by atoms with E-state index >= 15 is 0 Å². The number of aromatic nitrogens is 1. The van der Waals surface area contributed by atoms with E-state index in [2.05, 4.69) is 4.98 Å². The van der Waals surface area contributed by atoms with Crippen LogP contribution in [0.1, 0.15) is 25.1 Å². The molecule has 84 valence electrons. The van der Waals surface area contributed by atoms with Crippen LogP contribution >= 0.6 is 0 Å². The minimum Gasteiger partial charge on any atom is -0.492 e. The molecule has 0 radical (unpaired) electrons. The first-order valence-electron chi connectivity index (χ1n) is 5.07. The van der Waals surface area contributed by atoms with Crippen molar-refractivity contribution < 1.29 is 9.47 Å². The number of nitrogens with zero attached hydrogens (tertiary/aromatic N) is 1. The summed E-state index contributed by atoms with van der Waals surface area (Å²) >= 11 is 0. The Hall–Kier alpha value is -1.13. The Bertz CT molecular complexity index is 272. The summed E-state index contributed by atoms with van der Waals surface area (Å²) in [5.41, 5.74) is 6.56. The highest BCUT2D eigenvalue weighted by Gasteiger charge is 2.00. The van der Waals surface area contributed by atoms with Crippen LogP contribution in [-0.4, -0.2) is 25.3 Å². The van der Waals surface area contributed by atoms with Crippen LogP contribution < -0.4 is 10.5 Å². The van der Waals surface area contributed by atoms with Crippen molar-refractivity contribution in [3.8, 4) is 5.75 Å². The van der Waals surface area contributed by atoms with Gasteiger partial charge in [0.05, 0.1) is 18.5 Å². The van der Waals surface area contributed by atoms with Crippen molar-refractivity contribution >= 4 is 0 Å². The van der Waals surface area contributed by atoms with Gasteiger partial charge in [0.25, 0.3) is 0 Å². The van der Waals surface area contributed by atoms with Crippen LogP contribution in [0.15, 0.2) is 18.3 Å². The van der Waals surface area contributed by atoms with Gasteiger partial charge in [0, 0.05) is 26.2 Å². The first-order valence-corrected chi connectivity index (χ1v) is 5.07. The molecular weight excluding hydrogens is 192 g/mol. The van der Waals surface area contributed by atoms with E-state index in [4.69, 9.17) is 15.2 Å². The van der Waals surface area contributed by atoms with Gasteiger partial charge in [0.1, 0.15) is 5.75 Å². The second kappa shape index (κ2) is 6.37. The standard InChI is InChI=1S/C11H18N2O2/c1-9(12)11-5-4-10(8-13-11)15-7-3-6-14-2/h4-5,8-9H,3,6-7,12H2,1-2H3. The van der Waals surface area contributed by atoms with Crippen molar-refractivity contribution in [2.45, 2.75) is 19.4 Å². The first kappa shape index (κ1) is 11.9. The minimum absolute atomic E-state index is 0.0347. The number of methoxy groups -OCH3 is 1. The first-order chi connectivity index (χ1) is 7.24. The fraction of sp³-hybridized carbons (Fsp3) is 0.545. The van der Waals surface area contributed by atoms with E-state index in [0.717, 1.165) is 17.9 Å². The summed E-state index contributed by atoms with van der Waals surface area (Å²) in [5.74, 6) is 0.774. The van der Waals surface area contributed by atoms with Gasteiger partial charge < -0.3 is 15.2 Å². The van der Waals surface area contributed by atoms with Crippen molar-refractivity contribution in [1.29, 1.82) is 0 Å². The van der Waals surface area contributed by atoms with Crippen molar-refractivity contribution in [3.05, 3.63) is 24.0 Å². The van der Waals surface area contributed by atoms with Crippen LogP contribution in [0.25, 0.3) is 0 Å². The van der Waals surface area contributed by atoms with E-state index < -0.39 is 0 Å². The van der Waals surface area contributed by atoms with Crippen LogP contribution in [-0.2, 0) is 4.74 Å². The second-order valence-corrected chi connectivity index (χ2v) is 3.40. The van der Waals surface area contributed by atoms with Crippen molar-refractivity contribution in [2.75, 3.05) is 20.3 Å². The lowest BCUT2D eigenvalue weighted by Crippen LogP contribution is -2.07. The lowest BCUT2D eigenvalue weighted by atomic mass is 10.2. The van der Waals surface area contributed by atoms with Crippen LogP contribution in [0.3, 0.4) is 0 Å². The Morgan fingerprint density at radius 1 is 1.40 bits per heavy atom. The fourth-order valence-corrected chi connectivity index (χ4v) is 1.14. The average molecular weight is 210 g/mol. The van der Waals surface area contributed by atoms with Gasteiger partial charge in [-0.1, -0.05) is 0 Å². The van der Waals surface area contributed by atoms with Gasteiger partial charge in [0.15, 0.2) is 0 Å². The number of hydrogen-bond donors (Lipinski definition) is 1. The van der Waals surface area contributed by atoms with E-state index in [1.807, 2.05) is 19.1 Å². The largest absolute Gasteiger partial charge is 0.492 e. The highest BCUT2D eigenvalue weighted by molar-refractivity contribution is 5.21. The number of ether oxygens (including phenoxy) is 2. The predicted molar refractivity (Wildman–Crippen MR) is 58.8 cm³/mol. The molecule has 1 rings (SSSR count). The number of nitrogens with two attached hydrogens (primary N) is 1. The molecule has 1 heterocycles. The summed E-state index contributed by atoms with van der Waals surface area (Å²) in [6, 6.07) is 3.74. The maximum absolute atomic E-state index is 5.68. The third kappa shape index (κ3) is 4.27. The highest BCUT2D eigenvalue weighted by Crippen LogP contribution is 2.12. The van der Waals surface area contributed by atoms with E-state index in [1.54, 1.807) is 13.3 Å². The Morgan fingerprint density at radius 3 is 2.73 bits per heavy atom. The monoisotopic (exact) mass is 210 g/mol. The summed E-state index contributed by atoms with van der Waals surface area (Å²) in [7, 11) is 1.68. The third-order valence-corrected chi connectivity index (χ3v) is 1.99. The van der Waals surface area contributed by atoms with Crippen LogP contribution in [0.5, 0.6) is 5.75 Å². The van der Waals surface area contributed by atoms with Gasteiger partial charge in [-0.15, -0.1) is 0 Å². The fourth-order valence-electron chi connectivity index (χ4n) is 1.14. The molecule has 0 aliphatic heterocycles. The summed E-state index contributed by atoms with van der Waals surface area (Å²) < 4.78 is 10.4. The summed E-state index contributed by atoms with van der Waals surface area (Å²) in [6.07, 6.45) is 2.58. The Kier molecular flexibility index (Phi) is 5.07. The molecule has 1 aromatic heterocycles. The number of hydrogen-bond acceptors (Lipinski definition) is 4. The van der Waals surface area contributed by atoms with Crippen molar-refractivity contribution in [3.63, 3.8) is 0 Å². The van der Waals surface area contributed by atoms with Gasteiger partial charge in [-0.25, -0.2) is 0 Å². The number of pyridine rings is 1. The topological polar surface area (TPSA) is 57.4 Å². The Labute approximate surface area is 90.4 Å². The molecule has 4 nitrogen and oxygen atoms in total. The van der Waals surface area contributed by atoms with Gasteiger partial charge in [-0.3, -0.25) is 4.98 Å². The maximum Gasteiger partial charge on any atom is 0.137 e. The summed E-state index contributed by atoms with van der Waals surface area (Å²) in [6.45, 7) is 3.26. The molecule has 0 fully saturated rings. The molecule has 1 aromatic rings. The van der Waals surface area contributed by atoms with E-state index in [-0.39, 0.29) is 6.04 Å². The van der Waals surface area contributed by atoms with E-state index in [0.29, 0.717) is 13.2 Å². The van der Waals surface area contributed by atoms with Gasteiger partial charge in [-0.05, 0) is 19.1 Å². The molecule has 0 aromatic carbocycles. The van der Waals surface area contributed by atoms with Crippen LogP contribution in [0.4, 0.5) is 0 Å². The molecule has 4 heteroatoms. The number of rotatable bonds is 6. The predicted octanol–water partition coefficient (Wildman–Crippen LogP) is 1.52. The third-order valence-electron chi connectivity index (χ3n) is 1.99. The molecule has 1 atom stereocenters. The zero-order valence-electron chi connectivity index (χ0n) is 9.27. The molecule has 0 aliphatic rings. The molecule has 0 saturated heterocycles. The normalized spacial score (nSPS) is 12.5. The van der Waals surface area contributed by atoms with Crippen LogP contribution in [0, 0.1) is 0 Å². The molecule has 0 amide bonds. The lowest BCUT2D eigenvalue weighted by Gasteiger charge is -2.07. The Balaban J connectivity index is 2.36. The average Bonchev–Trinajstić information content (AvgIpc) is 2.25. The van der Waals surface area contributed by atoms with E-state index in [9.17, 15) is 0 Å². The molecule has 15 heavy (non-hydrogen) atoms. The van der Waals surface area contributed by atoms with Crippen molar-refractivity contribution in [1.82, 2.24) is 4.98 Å². The highest BCUT2D eigenvalue weighted by atomic mass is 16.5. The lowest BCUT2D eigenvalue weighted by molar-refractivity contribution is 0.172. The minimum atomic E-state index is -0.0347. The molecule has 0 spiro atoms.